The van der Waals surface area contributed by atoms with Gasteiger partial charge in [-0.1, -0.05) is 20.8 Å². The quantitative estimate of drug-likeness (QED) is 0.414. The summed E-state index contributed by atoms with van der Waals surface area (Å²) in [5, 5.41) is 3.27. The van der Waals surface area contributed by atoms with E-state index in [0.717, 1.165) is 6.54 Å². The number of hydrogen-bond donors (Lipinski definition) is 0. The minimum atomic E-state index is -2.57. The van der Waals surface area contributed by atoms with Crippen molar-refractivity contribution in [3.8, 4) is 0 Å². The van der Waals surface area contributed by atoms with Crippen LogP contribution in [0.15, 0.2) is 0 Å². The van der Waals surface area contributed by atoms with E-state index < -0.39 is 8.18 Å². The molecule has 0 bridgehead atoms. The lowest BCUT2D eigenvalue weighted by Crippen LogP contribution is -2.46. The number of rotatable bonds is 6. The highest BCUT2D eigenvalue weighted by Gasteiger charge is 2.25. The molecule has 0 rings (SSSR count). The summed E-state index contributed by atoms with van der Waals surface area (Å²) < 4.78 is 12.4. The van der Waals surface area contributed by atoms with E-state index in [4.69, 9.17) is 11.8 Å². The number of hydrazine groups is 2. The molecular weight excluding hydrogens is 263 g/mol. The molecule has 0 saturated heterocycles. The van der Waals surface area contributed by atoms with Gasteiger partial charge in [0.05, 0.1) is 0 Å². The zero-order chi connectivity index (χ0) is 14.0. The molecule has 1 unspecified atom stereocenters. The van der Waals surface area contributed by atoms with Gasteiger partial charge in [-0.15, -0.1) is 0 Å². The number of halogens is 1. The second-order valence-electron chi connectivity index (χ2n) is 3.37. The van der Waals surface area contributed by atoms with Crippen LogP contribution in [0.2, 0.25) is 0 Å². The van der Waals surface area contributed by atoms with Crippen LogP contribution >= 0.6 is 20.0 Å². The maximum absolute atomic E-state index is 10.8. The fourth-order valence-corrected chi connectivity index (χ4v) is 1.51. The molecule has 0 heterocycles. The summed E-state index contributed by atoms with van der Waals surface area (Å²) in [6, 6.07) is 0. The van der Waals surface area contributed by atoms with E-state index in [9.17, 15) is 9.46 Å². The molecule has 0 aliphatic heterocycles. The predicted octanol–water partition coefficient (Wildman–Crippen LogP) is 1.13. The van der Waals surface area contributed by atoms with E-state index in [1.807, 2.05) is 27.8 Å². The largest absolute Gasteiger partial charge is 0.576 e. The minimum Gasteiger partial charge on any atom is -0.576 e. The molecule has 104 valence electrons. The average Bonchev–Trinajstić information content (AvgIpc) is 2.28. The summed E-state index contributed by atoms with van der Waals surface area (Å²) >= 11 is 5.30. The van der Waals surface area contributed by atoms with Crippen molar-refractivity contribution in [1.82, 2.24) is 19.3 Å². The third-order valence-corrected chi connectivity index (χ3v) is 3.25. The van der Waals surface area contributed by atoms with Gasteiger partial charge in [-0.25, -0.2) is 4.42 Å². The molecule has 6 nitrogen and oxygen atoms in total. The summed E-state index contributed by atoms with van der Waals surface area (Å²) in [4.78, 5) is 12.0. The molecule has 0 spiro atoms. The van der Waals surface area contributed by atoms with E-state index in [0.29, 0.717) is 13.1 Å². The van der Waals surface area contributed by atoms with Crippen molar-refractivity contribution in [2.75, 3.05) is 40.8 Å². The molecule has 0 N–H and O–H groups in total. The Morgan fingerprint density at radius 2 is 1.29 bits per heavy atom. The van der Waals surface area contributed by atoms with Crippen molar-refractivity contribution in [1.29, 1.82) is 0 Å². The summed E-state index contributed by atoms with van der Waals surface area (Å²) in [5.41, 5.74) is 0. The maximum atomic E-state index is 10.8. The molecule has 8 heteroatoms. The fourth-order valence-electron chi connectivity index (χ4n) is 0.763. The molecule has 0 radical (unpaired) electrons. The van der Waals surface area contributed by atoms with Crippen molar-refractivity contribution < 1.29 is 9.46 Å². The molecule has 0 fully saturated rings. The molecule has 0 aromatic carbocycles. The molecule has 0 saturated carbocycles. The highest BCUT2D eigenvalue weighted by molar-refractivity contribution is 7.33. The fraction of sp³-hybridized carbons (Fsp3) is 1.00. The first-order chi connectivity index (χ1) is 7.81. The van der Waals surface area contributed by atoms with Gasteiger partial charge in [-0.05, 0) is 16.3 Å². The first-order valence-electron chi connectivity index (χ1n) is 5.55. The van der Waals surface area contributed by atoms with Gasteiger partial charge in [0, 0.05) is 45.7 Å². The molecule has 1 atom stereocenters. The van der Waals surface area contributed by atoms with E-state index in [1.165, 1.54) is 4.89 Å². The van der Waals surface area contributed by atoms with Gasteiger partial charge >= 0.3 is 8.18 Å². The first-order valence-corrected chi connectivity index (χ1v) is 7.01. The van der Waals surface area contributed by atoms with Crippen LogP contribution in [0.4, 0.5) is 0 Å². The highest BCUT2D eigenvalue weighted by Crippen LogP contribution is 2.19. The van der Waals surface area contributed by atoms with Gasteiger partial charge in [-0.2, -0.15) is 10.0 Å². The molecule has 0 aliphatic rings. The van der Waals surface area contributed by atoms with Crippen molar-refractivity contribution in [2.45, 2.75) is 20.8 Å². The molecule has 0 aromatic heterocycles. The second-order valence-corrected chi connectivity index (χ2v) is 4.79. The van der Waals surface area contributed by atoms with Crippen LogP contribution in [-0.4, -0.2) is 60.1 Å². The van der Waals surface area contributed by atoms with Crippen LogP contribution in [0.5, 0.6) is 0 Å². The summed E-state index contributed by atoms with van der Waals surface area (Å²) in [5.74, 6) is 0. The van der Waals surface area contributed by atoms with Gasteiger partial charge in [0.2, 0.25) is 0 Å². The lowest BCUT2D eigenvalue weighted by Gasteiger charge is -2.28. The van der Waals surface area contributed by atoms with Gasteiger partial charge in [-0.3, -0.25) is 0 Å². The average molecular weight is 287 g/mol. The van der Waals surface area contributed by atoms with Crippen molar-refractivity contribution >= 4 is 20.0 Å². The Bertz CT molecular complexity index is 199. The Balaban J connectivity index is 0. The third-order valence-electron chi connectivity index (χ3n) is 2.11. The van der Waals surface area contributed by atoms with E-state index >= 15 is 0 Å². The summed E-state index contributed by atoms with van der Waals surface area (Å²) in [6.07, 6.45) is 0. The first kappa shape index (κ1) is 19.5. The Hall–Kier alpha value is 0.190. The summed E-state index contributed by atoms with van der Waals surface area (Å²) in [6.45, 7) is 8.01. The van der Waals surface area contributed by atoms with Crippen molar-refractivity contribution in [3.05, 3.63) is 0 Å². The van der Waals surface area contributed by atoms with Crippen LogP contribution in [0.25, 0.3) is 0 Å². The monoisotopic (exact) mass is 286 g/mol. The van der Waals surface area contributed by atoms with Gasteiger partial charge in [0.25, 0.3) is 0 Å². The highest BCUT2D eigenvalue weighted by atomic mass is 35.5. The van der Waals surface area contributed by atoms with Crippen LogP contribution in [-0.2, 0) is 4.57 Å². The normalized spacial score (nSPS) is 12.1. The zero-order valence-corrected chi connectivity index (χ0v) is 13.2. The minimum absolute atomic E-state index is 0.660. The Morgan fingerprint density at radius 1 is 1.00 bits per heavy atom. The summed E-state index contributed by atoms with van der Waals surface area (Å²) in [7, 11) is 2.72. The molecule has 0 aliphatic carbocycles. The lowest BCUT2D eigenvalue weighted by atomic mass is 10.7. The molecular formula is C9H24ClN4O2P. The Labute approximate surface area is 111 Å². The van der Waals surface area contributed by atoms with Crippen molar-refractivity contribution in [2.24, 2.45) is 0 Å². The second kappa shape index (κ2) is 11.3. The van der Waals surface area contributed by atoms with Crippen molar-refractivity contribution in [3.63, 3.8) is 0 Å². The zero-order valence-electron chi connectivity index (χ0n) is 11.6. The molecule has 17 heavy (non-hydrogen) atoms. The van der Waals surface area contributed by atoms with Crippen LogP contribution in [0.1, 0.15) is 20.8 Å². The lowest BCUT2D eigenvalue weighted by molar-refractivity contribution is -0.210. The number of nitrogens with zero attached hydrogens (tertiary/aromatic N) is 4. The molecule has 0 aromatic rings. The van der Waals surface area contributed by atoms with Gasteiger partial charge < -0.3 is 4.89 Å². The van der Waals surface area contributed by atoms with Crippen LogP contribution in [0, 0.1) is 0 Å². The topological polar surface area (TPSA) is 53.1 Å². The SMILES string of the molecule is CCN(C)Cl.CCN(C)N(N(C)CC)[P+](=O)[O-]. The number of hydrogen-bond acceptors (Lipinski definition) is 5. The van der Waals surface area contributed by atoms with Crippen LogP contribution in [0.3, 0.4) is 0 Å². The predicted molar refractivity (Wildman–Crippen MR) is 70.2 cm³/mol. The Kier molecular flexibility index (Phi) is 13.0. The van der Waals surface area contributed by atoms with Gasteiger partial charge in [0.1, 0.15) is 0 Å². The third kappa shape index (κ3) is 9.85. The smallest absolute Gasteiger partial charge is 0.442 e. The van der Waals surface area contributed by atoms with E-state index in [2.05, 4.69) is 0 Å². The van der Waals surface area contributed by atoms with Crippen LogP contribution < -0.4 is 4.89 Å². The van der Waals surface area contributed by atoms with E-state index in [-0.39, 0.29) is 0 Å². The Morgan fingerprint density at radius 3 is 1.41 bits per heavy atom. The maximum Gasteiger partial charge on any atom is 0.442 e. The molecule has 0 amide bonds. The van der Waals surface area contributed by atoms with E-state index in [1.54, 1.807) is 28.5 Å². The van der Waals surface area contributed by atoms with Gasteiger partial charge in [0.15, 0.2) is 0 Å². The standard InChI is InChI=1S/C6H16N3O2P.C3H8ClN/c1-5-7(3)9(12(10)11)8(4)6-2;1-3-5(2)4/h5-6H2,1-4H3;3H2,1-2H3.